The number of aryl methyl sites for hydroxylation is 2. The Bertz CT molecular complexity index is 1350. The van der Waals surface area contributed by atoms with E-state index in [-0.39, 0.29) is 41.9 Å². The van der Waals surface area contributed by atoms with Crippen LogP contribution >= 0.6 is 0 Å². The molecule has 0 unspecified atom stereocenters. The highest BCUT2D eigenvalue weighted by atomic mass is 16.6. The van der Waals surface area contributed by atoms with Crippen molar-refractivity contribution in [1.29, 1.82) is 0 Å². The highest BCUT2D eigenvalue weighted by Crippen LogP contribution is 2.19. The van der Waals surface area contributed by atoms with Gasteiger partial charge in [0.2, 0.25) is 0 Å². The molecule has 0 aliphatic rings. The van der Waals surface area contributed by atoms with Gasteiger partial charge in [0.15, 0.2) is 0 Å². The second kappa shape index (κ2) is 10.5. The van der Waals surface area contributed by atoms with Gasteiger partial charge in [-0.05, 0) is 12.1 Å². The molecule has 36 heavy (non-hydrogen) atoms. The Morgan fingerprint density at radius 1 is 1.08 bits per heavy atom. The maximum Gasteiger partial charge on any atom is 0.327 e. The summed E-state index contributed by atoms with van der Waals surface area (Å²) in [6, 6.07) is 3.77. The highest BCUT2D eigenvalue weighted by Gasteiger charge is 2.20. The number of carbonyl (C=O) groups excluding carboxylic acids is 3. The Balaban J connectivity index is 1.65. The van der Waals surface area contributed by atoms with Crippen molar-refractivity contribution < 1.29 is 24.5 Å². The number of nitrogens with one attached hydrogen (secondary N) is 2. The van der Waals surface area contributed by atoms with Crippen molar-refractivity contribution in [2.24, 2.45) is 25.0 Å². The lowest BCUT2D eigenvalue weighted by Gasteiger charge is -2.16. The van der Waals surface area contributed by atoms with Gasteiger partial charge in [0.05, 0.1) is 22.5 Å². The van der Waals surface area contributed by atoms with E-state index < -0.39 is 16.7 Å². The fourth-order valence-corrected chi connectivity index (χ4v) is 3.34. The van der Waals surface area contributed by atoms with E-state index in [1.807, 2.05) is 0 Å². The third-order valence-electron chi connectivity index (χ3n) is 5.26. The Labute approximate surface area is 204 Å². The summed E-state index contributed by atoms with van der Waals surface area (Å²) >= 11 is 0. The predicted octanol–water partition coefficient (Wildman–Crippen LogP) is 1.61. The van der Waals surface area contributed by atoms with Crippen LogP contribution in [0, 0.1) is 10.1 Å². The van der Waals surface area contributed by atoms with Crippen LogP contribution < -0.4 is 16.4 Å². The molecule has 0 atom stereocenters. The largest absolute Gasteiger partial charge is 0.409 e. The summed E-state index contributed by atoms with van der Waals surface area (Å²) in [4.78, 5) is 49.5. The van der Waals surface area contributed by atoms with Crippen LogP contribution in [0.5, 0.6) is 0 Å². The van der Waals surface area contributed by atoms with E-state index in [1.54, 1.807) is 20.2 Å². The van der Waals surface area contributed by atoms with Crippen LogP contribution in [0.3, 0.4) is 0 Å². The Hall–Kier alpha value is -5.08. The molecule has 0 fully saturated rings. The molecule has 3 rings (SSSR count). The van der Waals surface area contributed by atoms with Gasteiger partial charge in [-0.25, -0.2) is 4.79 Å². The molecule has 0 aromatic carbocycles. The number of amidine groups is 1. The average Bonchev–Trinajstić information content (AvgIpc) is 3.55. The van der Waals surface area contributed by atoms with Crippen LogP contribution in [0.25, 0.3) is 0 Å². The van der Waals surface area contributed by atoms with Gasteiger partial charge in [0.25, 0.3) is 17.5 Å². The summed E-state index contributed by atoms with van der Waals surface area (Å²) in [5.74, 6) is -1.06. The molecule has 0 radical (unpaired) electrons. The zero-order chi connectivity index (χ0) is 26.6. The standard InChI is InChI=1S/C21H25N9O6/c1-26(6-5-18(22)25-34)21(33)29-7-4-13(11-29)23-19(31)16-8-14(10-27(16)2)24-20(32)17-9-15(30(35)36)12-28(17)3/h4,7-12,34H,5-6H2,1-3H3,(H2,22,25)(H,23,31)(H,24,32). The number of nitrogens with two attached hydrogens (primary N) is 1. The molecular weight excluding hydrogens is 474 g/mol. The number of rotatable bonds is 8. The zero-order valence-electron chi connectivity index (χ0n) is 19.7. The molecule has 0 aliphatic heterocycles. The number of nitro groups is 1. The smallest absolute Gasteiger partial charge is 0.327 e. The quantitative estimate of drug-likeness (QED) is 0.119. The molecule has 15 heteroatoms. The van der Waals surface area contributed by atoms with Crippen molar-refractivity contribution in [3.05, 3.63) is 64.5 Å². The number of aromatic nitrogens is 3. The van der Waals surface area contributed by atoms with Gasteiger partial charge in [-0.2, -0.15) is 0 Å². The van der Waals surface area contributed by atoms with Crippen molar-refractivity contribution in [2.75, 3.05) is 24.2 Å². The minimum Gasteiger partial charge on any atom is -0.409 e. The molecule has 190 valence electrons. The molecule has 3 aromatic heterocycles. The van der Waals surface area contributed by atoms with Gasteiger partial charge in [-0.3, -0.25) is 24.3 Å². The lowest BCUT2D eigenvalue weighted by molar-refractivity contribution is -0.384. The number of amides is 3. The fraction of sp³-hybridized carbons (Fsp3) is 0.238. The summed E-state index contributed by atoms with van der Waals surface area (Å²) in [6.45, 7) is 0.225. The number of oxime groups is 1. The zero-order valence-corrected chi connectivity index (χ0v) is 19.7. The molecule has 5 N–H and O–H groups in total. The molecule has 15 nitrogen and oxygen atoms in total. The van der Waals surface area contributed by atoms with Gasteiger partial charge < -0.3 is 35.6 Å². The molecule has 3 aromatic rings. The molecule has 0 aliphatic carbocycles. The van der Waals surface area contributed by atoms with Crippen LogP contribution in [0.2, 0.25) is 0 Å². The number of hydrogen-bond donors (Lipinski definition) is 4. The average molecular weight is 499 g/mol. The third-order valence-corrected chi connectivity index (χ3v) is 5.26. The fourth-order valence-electron chi connectivity index (χ4n) is 3.34. The van der Waals surface area contributed by atoms with Crippen molar-refractivity contribution in [1.82, 2.24) is 18.6 Å². The van der Waals surface area contributed by atoms with E-state index >= 15 is 0 Å². The minimum absolute atomic E-state index is 0.00166. The summed E-state index contributed by atoms with van der Waals surface area (Å²) in [7, 11) is 4.68. The first kappa shape index (κ1) is 25.5. The summed E-state index contributed by atoms with van der Waals surface area (Å²) < 4.78 is 4.11. The molecule has 0 saturated heterocycles. The number of hydrogen-bond acceptors (Lipinski definition) is 7. The molecule has 3 heterocycles. The van der Waals surface area contributed by atoms with Crippen molar-refractivity contribution in [2.45, 2.75) is 6.42 Å². The summed E-state index contributed by atoms with van der Waals surface area (Å²) in [5, 5.41) is 27.7. The van der Waals surface area contributed by atoms with Crippen molar-refractivity contribution in [3.63, 3.8) is 0 Å². The maximum absolute atomic E-state index is 12.8. The first-order valence-electron chi connectivity index (χ1n) is 10.5. The van der Waals surface area contributed by atoms with E-state index in [0.29, 0.717) is 11.4 Å². The number of anilines is 2. The van der Waals surface area contributed by atoms with Gasteiger partial charge in [0, 0.05) is 58.8 Å². The first-order chi connectivity index (χ1) is 17.0. The van der Waals surface area contributed by atoms with Crippen molar-refractivity contribution >= 4 is 40.7 Å². The van der Waals surface area contributed by atoms with E-state index in [9.17, 15) is 24.5 Å². The Kier molecular flexibility index (Phi) is 7.42. The second-order valence-electron chi connectivity index (χ2n) is 7.94. The maximum atomic E-state index is 12.8. The second-order valence-corrected chi connectivity index (χ2v) is 7.94. The van der Waals surface area contributed by atoms with Crippen molar-refractivity contribution in [3.8, 4) is 0 Å². The third kappa shape index (κ3) is 5.69. The monoisotopic (exact) mass is 499 g/mol. The summed E-state index contributed by atoms with van der Waals surface area (Å²) in [6.07, 6.45) is 5.86. The van der Waals surface area contributed by atoms with E-state index in [0.717, 1.165) is 6.07 Å². The van der Waals surface area contributed by atoms with Crippen LogP contribution in [0.15, 0.2) is 48.1 Å². The number of nitrogens with zero attached hydrogens (tertiary/aromatic N) is 6. The summed E-state index contributed by atoms with van der Waals surface area (Å²) in [5.41, 5.74) is 6.19. The van der Waals surface area contributed by atoms with Gasteiger partial charge in [-0.1, -0.05) is 5.16 Å². The lowest BCUT2D eigenvalue weighted by atomic mass is 10.3. The number of carbonyl (C=O) groups is 3. The Morgan fingerprint density at radius 3 is 2.31 bits per heavy atom. The van der Waals surface area contributed by atoms with Crippen LogP contribution in [-0.2, 0) is 14.1 Å². The normalized spacial score (nSPS) is 11.2. The first-order valence-corrected chi connectivity index (χ1v) is 10.5. The molecular formula is C21H25N9O6. The van der Waals surface area contributed by atoms with E-state index in [2.05, 4.69) is 15.8 Å². The molecule has 0 saturated carbocycles. The van der Waals surface area contributed by atoms with Gasteiger partial charge in [-0.15, -0.1) is 0 Å². The molecule has 0 bridgehead atoms. The molecule has 0 spiro atoms. The highest BCUT2D eigenvalue weighted by molar-refractivity contribution is 6.07. The van der Waals surface area contributed by atoms with Gasteiger partial charge >= 0.3 is 6.03 Å². The molecule has 3 amide bonds. The van der Waals surface area contributed by atoms with E-state index in [4.69, 9.17) is 10.9 Å². The lowest BCUT2D eigenvalue weighted by Crippen LogP contribution is -2.33. The Morgan fingerprint density at radius 2 is 1.69 bits per heavy atom. The van der Waals surface area contributed by atoms with Crippen LogP contribution in [-0.4, -0.2) is 66.0 Å². The van der Waals surface area contributed by atoms with Crippen LogP contribution in [0.1, 0.15) is 27.4 Å². The van der Waals surface area contributed by atoms with Gasteiger partial charge in [0.1, 0.15) is 17.2 Å². The SMILES string of the molecule is CN(CCC(N)=NO)C(=O)n1ccc(NC(=O)c2cc(NC(=O)c3cc([N+](=O)[O-])cn3C)cn2C)c1. The van der Waals surface area contributed by atoms with E-state index in [1.165, 1.54) is 56.5 Å². The topological polar surface area (TPSA) is 195 Å². The minimum atomic E-state index is -0.595. The predicted molar refractivity (Wildman–Crippen MR) is 129 cm³/mol. The van der Waals surface area contributed by atoms with Crippen LogP contribution in [0.4, 0.5) is 21.9 Å².